The molecular formula is C21H22ClNO4. The number of carbonyl (C=O) groups is 3. The number of nitrogens with zero attached hydrogens (tertiary/aromatic N) is 1. The molecule has 1 heterocycles. The van der Waals surface area contributed by atoms with Gasteiger partial charge >= 0.3 is 0 Å². The molecule has 0 spiro atoms. The van der Waals surface area contributed by atoms with Gasteiger partial charge in [0.15, 0.2) is 0 Å². The third-order valence-corrected chi connectivity index (χ3v) is 5.49. The SMILES string of the molecule is CC#Cc1cc(Cl)c(C2C(=O)CC(C(=O)N3CCCC3)CC2=O)c(OC)c1. The topological polar surface area (TPSA) is 63.7 Å². The second-order valence-corrected chi connectivity index (χ2v) is 7.36. The lowest BCUT2D eigenvalue weighted by Crippen LogP contribution is -2.41. The van der Waals surface area contributed by atoms with E-state index >= 15 is 0 Å². The van der Waals surface area contributed by atoms with Crippen LogP contribution in [0.15, 0.2) is 12.1 Å². The maximum atomic E-state index is 12.8. The Morgan fingerprint density at radius 1 is 1.19 bits per heavy atom. The maximum Gasteiger partial charge on any atom is 0.226 e. The van der Waals surface area contributed by atoms with Crippen molar-refractivity contribution >= 4 is 29.1 Å². The molecule has 0 unspecified atom stereocenters. The second-order valence-electron chi connectivity index (χ2n) is 6.95. The summed E-state index contributed by atoms with van der Waals surface area (Å²) < 4.78 is 5.39. The van der Waals surface area contributed by atoms with Gasteiger partial charge < -0.3 is 9.64 Å². The van der Waals surface area contributed by atoms with Crippen LogP contribution >= 0.6 is 11.6 Å². The minimum Gasteiger partial charge on any atom is -0.496 e. The number of ketones is 2. The van der Waals surface area contributed by atoms with Gasteiger partial charge in [-0.25, -0.2) is 0 Å². The number of carbonyl (C=O) groups excluding carboxylic acids is 3. The van der Waals surface area contributed by atoms with Crippen LogP contribution in [0.3, 0.4) is 0 Å². The Balaban J connectivity index is 1.88. The number of rotatable bonds is 3. The van der Waals surface area contributed by atoms with E-state index in [1.165, 1.54) is 7.11 Å². The Morgan fingerprint density at radius 3 is 2.37 bits per heavy atom. The summed E-state index contributed by atoms with van der Waals surface area (Å²) in [4.78, 5) is 40.0. The van der Waals surface area contributed by atoms with E-state index in [2.05, 4.69) is 11.8 Å². The minimum atomic E-state index is -0.987. The van der Waals surface area contributed by atoms with Gasteiger partial charge in [0.05, 0.1) is 13.0 Å². The number of hydrogen-bond donors (Lipinski definition) is 0. The van der Waals surface area contributed by atoms with Gasteiger partial charge in [-0.05, 0) is 31.9 Å². The predicted molar refractivity (Wildman–Crippen MR) is 102 cm³/mol. The van der Waals surface area contributed by atoms with E-state index in [0.29, 0.717) is 30.0 Å². The van der Waals surface area contributed by atoms with Crippen molar-refractivity contribution < 1.29 is 19.1 Å². The first-order valence-electron chi connectivity index (χ1n) is 9.10. The van der Waals surface area contributed by atoms with Crippen molar-refractivity contribution in [3.8, 4) is 17.6 Å². The molecule has 1 aromatic rings. The number of likely N-dealkylation sites (tertiary alicyclic amines) is 1. The summed E-state index contributed by atoms with van der Waals surface area (Å²) in [5.74, 6) is 3.86. The highest BCUT2D eigenvalue weighted by molar-refractivity contribution is 6.33. The standard InChI is InChI=1S/C21H22ClNO4/c1-3-6-13-9-15(22)19(18(10-13)27-2)20-16(24)11-14(12-17(20)25)21(26)23-7-4-5-8-23/h9-10,14,20H,4-5,7-8,11-12H2,1-2H3. The van der Waals surface area contributed by atoms with Crippen LogP contribution in [-0.2, 0) is 14.4 Å². The van der Waals surface area contributed by atoms with E-state index in [1.54, 1.807) is 24.0 Å². The van der Waals surface area contributed by atoms with Gasteiger partial charge in [0.1, 0.15) is 23.2 Å². The number of ether oxygens (including phenoxy) is 1. The normalized spacial score (nSPS) is 22.4. The van der Waals surface area contributed by atoms with Gasteiger partial charge in [0.25, 0.3) is 0 Å². The molecule has 1 amide bonds. The molecule has 1 saturated carbocycles. The van der Waals surface area contributed by atoms with Crippen molar-refractivity contribution in [1.82, 2.24) is 4.90 Å². The Hall–Kier alpha value is -2.32. The molecule has 0 bridgehead atoms. The molecule has 3 rings (SSSR count). The van der Waals surface area contributed by atoms with Crippen LogP contribution in [0.4, 0.5) is 0 Å². The largest absolute Gasteiger partial charge is 0.496 e. The van der Waals surface area contributed by atoms with Crippen LogP contribution < -0.4 is 4.74 Å². The predicted octanol–water partition coefficient (Wildman–Crippen LogP) is 2.97. The second kappa shape index (κ2) is 8.14. The Labute approximate surface area is 164 Å². The zero-order valence-electron chi connectivity index (χ0n) is 15.5. The van der Waals surface area contributed by atoms with Crippen LogP contribution in [-0.4, -0.2) is 42.6 Å². The summed E-state index contributed by atoms with van der Waals surface area (Å²) in [5.41, 5.74) is 1.03. The van der Waals surface area contributed by atoms with E-state index in [0.717, 1.165) is 12.8 Å². The first-order chi connectivity index (χ1) is 13.0. The van der Waals surface area contributed by atoms with Crippen molar-refractivity contribution in [2.45, 2.75) is 38.5 Å². The summed E-state index contributed by atoms with van der Waals surface area (Å²) in [6.45, 7) is 3.13. The van der Waals surface area contributed by atoms with Crippen molar-refractivity contribution in [2.75, 3.05) is 20.2 Å². The lowest BCUT2D eigenvalue weighted by molar-refractivity contribution is -0.144. The van der Waals surface area contributed by atoms with Crippen molar-refractivity contribution in [3.05, 3.63) is 28.3 Å². The number of hydrogen-bond acceptors (Lipinski definition) is 4. The number of amides is 1. The minimum absolute atomic E-state index is 0.0573. The zero-order chi connectivity index (χ0) is 19.6. The van der Waals surface area contributed by atoms with Gasteiger partial charge in [-0.2, -0.15) is 0 Å². The van der Waals surface area contributed by atoms with Crippen LogP contribution in [0.5, 0.6) is 5.75 Å². The van der Waals surface area contributed by atoms with E-state index in [1.807, 2.05) is 0 Å². The van der Waals surface area contributed by atoms with E-state index < -0.39 is 11.8 Å². The summed E-state index contributed by atoms with van der Waals surface area (Å²) >= 11 is 6.39. The third kappa shape index (κ3) is 3.86. The fraction of sp³-hybridized carbons (Fsp3) is 0.476. The Bertz CT molecular complexity index is 828. The van der Waals surface area contributed by atoms with Crippen molar-refractivity contribution in [3.63, 3.8) is 0 Å². The van der Waals surface area contributed by atoms with Gasteiger partial charge in [-0.15, -0.1) is 5.92 Å². The zero-order valence-corrected chi connectivity index (χ0v) is 16.3. The first-order valence-corrected chi connectivity index (χ1v) is 9.48. The molecule has 1 aliphatic heterocycles. The third-order valence-electron chi connectivity index (χ3n) is 5.18. The number of methoxy groups -OCH3 is 1. The maximum absolute atomic E-state index is 12.8. The molecule has 1 saturated heterocycles. The highest BCUT2D eigenvalue weighted by atomic mass is 35.5. The molecule has 2 aliphatic rings. The Kier molecular flexibility index (Phi) is 5.86. The molecule has 0 atom stereocenters. The van der Waals surface area contributed by atoms with E-state index in [9.17, 15) is 14.4 Å². The molecule has 1 aromatic carbocycles. The summed E-state index contributed by atoms with van der Waals surface area (Å²) in [7, 11) is 1.47. The first kappa shape index (κ1) is 19.4. The van der Waals surface area contributed by atoms with Crippen LogP contribution in [0.25, 0.3) is 0 Å². The molecule has 6 heteroatoms. The van der Waals surface area contributed by atoms with Crippen LogP contribution in [0, 0.1) is 17.8 Å². The lowest BCUT2D eigenvalue weighted by Gasteiger charge is -2.29. The molecule has 0 radical (unpaired) electrons. The fourth-order valence-corrected chi connectivity index (χ4v) is 4.24. The van der Waals surface area contributed by atoms with Crippen LogP contribution in [0.1, 0.15) is 49.7 Å². The fourth-order valence-electron chi connectivity index (χ4n) is 3.92. The molecular weight excluding hydrogens is 366 g/mol. The summed E-state index contributed by atoms with van der Waals surface area (Å²) in [5, 5.41) is 0.281. The smallest absolute Gasteiger partial charge is 0.226 e. The molecule has 2 fully saturated rings. The van der Waals surface area contributed by atoms with E-state index in [-0.39, 0.29) is 35.3 Å². The van der Waals surface area contributed by atoms with Gasteiger partial charge in [0, 0.05) is 42.1 Å². The van der Waals surface area contributed by atoms with Gasteiger partial charge in [0.2, 0.25) is 5.91 Å². The number of Topliss-reactive ketones (excluding diaryl/α,β-unsaturated/α-hetero) is 2. The average molecular weight is 388 g/mol. The number of benzene rings is 1. The molecule has 142 valence electrons. The molecule has 5 nitrogen and oxygen atoms in total. The molecule has 0 N–H and O–H groups in total. The van der Waals surface area contributed by atoms with Crippen LogP contribution in [0.2, 0.25) is 5.02 Å². The van der Waals surface area contributed by atoms with Crippen molar-refractivity contribution in [2.24, 2.45) is 5.92 Å². The summed E-state index contributed by atoms with van der Waals surface area (Å²) in [6, 6.07) is 3.32. The highest BCUT2D eigenvalue weighted by Crippen LogP contribution is 2.40. The monoisotopic (exact) mass is 387 g/mol. The molecule has 27 heavy (non-hydrogen) atoms. The average Bonchev–Trinajstić information content (AvgIpc) is 3.16. The van der Waals surface area contributed by atoms with Crippen molar-refractivity contribution in [1.29, 1.82) is 0 Å². The quantitative estimate of drug-likeness (QED) is 0.591. The Morgan fingerprint density at radius 2 is 1.81 bits per heavy atom. The number of halogens is 1. The van der Waals surface area contributed by atoms with E-state index in [4.69, 9.17) is 16.3 Å². The highest BCUT2D eigenvalue weighted by Gasteiger charge is 2.42. The van der Waals surface area contributed by atoms with Gasteiger partial charge in [-0.1, -0.05) is 17.5 Å². The summed E-state index contributed by atoms with van der Waals surface area (Å²) in [6.07, 6.45) is 2.06. The van der Waals surface area contributed by atoms with Gasteiger partial charge in [-0.3, -0.25) is 14.4 Å². The lowest BCUT2D eigenvalue weighted by atomic mass is 9.75. The molecule has 0 aromatic heterocycles. The molecule has 1 aliphatic carbocycles.